The van der Waals surface area contributed by atoms with E-state index < -0.39 is 5.72 Å². The molecule has 118 valence electrons. The summed E-state index contributed by atoms with van der Waals surface area (Å²) in [4.78, 5) is 12.4. The van der Waals surface area contributed by atoms with E-state index in [-0.39, 0.29) is 11.7 Å². The summed E-state index contributed by atoms with van der Waals surface area (Å²) >= 11 is 0. The van der Waals surface area contributed by atoms with Crippen LogP contribution in [-0.2, 0) is 10.5 Å². The Labute approximate surface area is 139 Å². The van der Waals surface area contributed by atoms with E-state index in [2.05, 4.69) is 5.32 Å². The fourth-order valence-corrected chi connectivity index (χ4v) is 3.02. The van der Waals surface area contributed by atoms with E-state index in [1.807, 2.05) is 48.5 Å². The second-order valence-electron chi connectivity index (χ2n) is 5.65. The number of ether oxygens (including phenoxy) is 1. The van der Waals surface area contributed by atoms with Crippen LogP contribution in [0, 0.1) is 0 Å². The molecule has 0 saturated heterocycles. The molecule has 0 fully saturated rings. The van der Waals surface area contributed by atoms with E-state index in [1.54, 1.807) is 30.3 Å². The minimum absolute atomic E-state index is 0.179. The largest absolute Gasteiger partial charge is 0.508 e. The second kappa shape index (κ2) is 5.42. The summed E-state index contributed by atoms with van der Waals surface area (Å²) in [6.45, 7) is 0. The lowest BCUT2D eigenvalue weighted by molar-refractivity contribution is 0.0212. The normalized spacial score (nSPS) is 18.8. The van der Waals surface area contributed by atoms with Gasteiger partial charge in [0, 0.05) is 16.8 Å². The fraction of sp³-hybridized carbons (Fsp3) is 0.0500. The van der Waals surface area contributed by atoms with Crippen LogP contribution in [0.2, 0.25) is 0 Å². The van der Waals surface area contributed by atoms with Crippen LogP contribution in [0.3, 0.4) is 0 Å². The number of rotatable bonds is 3. The Morgan fingerprint density at radius 3 is 2.25 bits per heavy atom. The van der Waals surface area contributed by atoms with Crippen LogP contribution < -0.4 is 5.32 Å². The minimum Gasteiger partial charge on any atom is -0.508 e. The van der Waals surface area contributed by atoms with Gasteiger partial charge in [-0.1, -0.05) is 48.5 Å². The van der Waals surface area contributed by atoms with Crippen molar-refractivity contribution in [2.75, 3.05) is 5.32 Å². The standard InChI is InChI=1S/C20H15NO3/c22-16-12-10-15(11-13-16)21-20(14-6-2-1-3-7-14)18-9-5-4-8-17(18)19(23)24-20/h1-13,21-22H/t20-/m0/s1. The molecule has 1 heterocycles. The molecular formula is C20H15NO3. The lowest BCUT2D eigenvalue weighted by atomic mass is 9.92. The number of carbonyl (C=O) groups is 1. The predicted octanol–water partition coefficient (Wildman–Crippen LogP) is 3.88. The molecule has 0 radical (unpaired) electrons. The molecule has 0 unspecified atom stereocenters. The Kier molecular flexibility index (Phi) is 3.24. The summed E-state index contributed by atoms with van der Waals surface area (Å²) in [5.74, 6) is -0.182. The number of anilines is 1. The molecule has 1 aliphatic heterocycles. The van der Waals surface area contributed by atoms with Crippen molar-refractivity contribution in [2.24, 2.45) is 0 Å². The van der Waals surface area contributed by atoms with E-state index in [9.17, 15) is 9.90 Å². The van der Waals surface area contributed by atoms with Crippen LogP contribution in [0.1, 0.15) is 21.5 Å². The maximum Gasteiger partial charge on any atom is 0.341 e. The van der Waals surface area contributed by atoms with Gasteiger partial charge < -0.3 is 15.2 Å². The number of hydrogen-bond donors (Lipinski definition) is 2. The van der Waals surface area contributed by atoms with Crippen LogP contribution in [-0.4, -0.2) is 11.1 Å². The number of nitrogens with one attached hydrogen (secondary N) is 1. The van der Waals surface area contributed by atoms with Crippen molar-refractivity contribution < 1.29 is 14.6 Å². The van der Waals surface area contributed by atoms with Gasteiger partial charge in [-0.25, -0.2) is 4.79 Å². The Morgan fingerprint density at radius 2 is 1.50 bits per heavy atom. The van der Waals surface area contributed by atoms with Gasteiger partial charge in [-0.2, -0.15) is 0 Å². The third-order valence-electron chi connectivity index (χ3n) is 4.14. The molecule has 0 aliphatic carbocycles. The van der Waals surface area contributed by atoms with Crippen molar-refractivity contribution in [3.8, 4) is 5.75 Å². The highest BCUT2D eigenvalue weighted by molar-refractivity contribution is 5.96. The molecule has 1 aliphatic rings. The van der Waals surface area contributed by atoms with E-state index in [4.69, 9.17) is 4.74 Å². The summed E-state index contributed by atoms with van der Waals surface area (Å²) < 4.78 is 5.83. The molecule has 4 nitrogen and oxygen atoms in total. The van der Waals surface area contributed by atoms with Gasteiger partial charge in [0.15, 0.2) is 0 Å². The first-order valence-electron chi connectivity index (χ1n) is 7.65. The van der Waals surface area contributed by atoms with E-state index >= 15 is 0 Å². The molecule has 2 N–H and O–H groups in total. The number of benzene rings is 3. The Hall–Kier alpha value is -3.27. The zero-order valence-electron chi connectivity index (χ0n) is 12.8. The number of phenolic OH excluding ortho intramolecular Hbond substituents is 1. The van der Waals surface area contributed by atoms with Gasteiger partial charge in [0.05, 0.1) is 5.56 Å². The van der Waals surface area contributed by atoms with Crippen molar-refractivity contribution in [2.45, 2.75) is 5.72 Å². The van der Waals surface area contributed by atoms with E-state index in [1.165, 1.54) is 0 Å². The number of hydrogen-bond acceptors (Lipinski definition) is 4. The quantitative estimate of drug-likeness (QED) is 0.568. The zero-order chi connectivity index (χ0) is 16.6. The average molecular weight is 317 g/mol. The number of cyclic esters (lactones) is 1. The average Bonchev–Trinajstić information content (AvgIpc) is 2.91. The minimum atomic E-state index is -1.09. The van der Waals surface area contributed by atoms with E-state index in [0.29, 0.717) is 5.56 Å². The topological polar surface area (TPSA) is 58.6 Å². The molecule has 0 spiro atoms. The zero-order valence-corrected chi connectivity index (χ0v) is 12.8. The van der Waals surface area contributed by atoms with Crippen LogP contribution in [0.4, 0.5) is 5.69 Å². The Balaban J connectivity index is 1.89. The van der Waals surface area contributed by atoms with Crippen LogP contribution in [0.15, 0.2) is 78.9 Å². The highest BCUT2D eigenvalue weighted by Gasteiger charge is 2.47. The maximum absolute atomic E-state index is 12.4. The van der Waals surface area contributed by atoms with Crippen molar-refractivity contribution in [3.05, 3.63) is 95.6 Å². The lowest BCUT2D eigenvalue weighted by Crippen LogP contribution is -2.36. The molecule has 0 bridgehead atoms. The number of aromatic hydroxyl groups is 1. The van der Waals surface area contributed by atoms with Gasteiger partial charge in [-0.3, -0.25) is 0 Å². The second-order valence-corrected chi connectivity index (χ2v) is 5.65. The first kappa shape index (κ1) is 14.3. The molecule has 24 heavy (non-hydrogen) atoms. The summed E-state index contributed by atoms with van der Waals surface area (Å²) in [5.41, 5.74) is 1.80. The van der Waals surface area contributed by atoms with Gasteiger partial charge in [0.1, 0.15) is 5.75 Å². The predicted molar refractivity (Wildman–Crippen MR) is 90.8 cm³/mol. The molecule has 1 atom stereocenters. The van der Waals surface area contributed by atoms with Gasteiger partial charge >= 0.3 is 5.97 Å². The highest BCUT2D eigenvalue weighted by atomic mass is 16.6. The van der Waals surface area contributed by atoms with Crippen molar-refractivity contribution >= 4 is 11.7 Å². The highest BCUT2D eigenvalue weighted by Crippen LogP contribution is 2.42. The maximum atomic E-state index is 12.4. The molecule has 3 aromatic rings. The first-order chi connectivity index (χ1) is 11.7. The SMILES string of the molecule is O=C1O[C@@](Nc2ccc(O)cc2)(c2ccccc2)c2ccccc21. The molecule has 0 amide bonds. The fourth-order valence-electron chi connectivity index (χ4n) is 3.02. The number of carbonyl (C=O) groups excluding carboxylic acids is 1. The van der Waals surface area contributed by atoms with Crippen molar-refractivity contribution in [1.29, 1.82) is 0 Å². The van der Waals surface area contributed by atoms with Gasteiger partial charge in [0.2, 0.25) is 5.72 Å². The van der Waals surface area contributed by atoms with Crippen molar-refractivity contribution in [1.82, 2.24) is 0 Å². The van der Waals surface area contributed by atoms with Crippen LogP contribution in [0.5, 0.6) is 5.75 Å². The smallest absolute Gasteiger partial charge is 0.341 e. The first-order valence-corrected chi connectivity index (χ1v) is 7.65. The third kappa shape index (κ3) is 2.20. The lowest BCUT2D eigenvalue weighted by Gasteiger charge is -2.31. The molecule has 0 saturated carbocycles. The molecule has 4 heteroatoms. The van der Waals surface area contributed by atoms with Crippen LogP contribution >= 0.6 is 0 Å². The summed E-state index contributed by atoms with van der Waals surface area (Å²) in [5, 5.41) is 12.8. The molecule has 0 aromatic heterocycles. The van der Waals surface area contributed by atoms with Gasteiger partial charge in [-0.05, 0) is 30.3 Å². The van der Waals surface area contributed by atoms with Gasteiger partial charge in [-0.15, -0.1) is 0 Å². The number of phenols is 1. The molecule has 3 aromatic carbocycles. The van der Waals surface area contributed by atoms with Gasteiger partial charge in [0.25, 0.3) is 0 Å². The van der Waals surface area contributed by atoms with E-state index in [0.717, 1.165) is 16.8 Å². The van der Waals surface area contributed by atoms with Crippen molar-refractivity contribution in [3.63, 3.8) is 0 Å². The number of esters is 1. The Bertz CT molecular complexity index is 890. The van der Waals surface area contributed by atoms with Crippen LogP contribution in [0.25, 0.3) is 0 Å². The molecular weight excluding hydrogens is 302 g/mol. The molecule has 4 rings (SSSR count). The Morgan fingerprint density at radius 1 is 0.833 bits per heavy atom. The summed E-state index contributed by atoms with van der Waals surface area (Å²) in [6, 6.07) is 23.6. The number of fused-ring (bicyclic) bond motifs is 1. The summed E-state index contributed by atoms with van der Waals surface area (Å²) in [6.07, 6.45) is 0. The summed E-state index contributed by atoms with van der Waals surface area (Å²) in [7, 11) is 0. The third-order valence-corrected chi connectivity index (χ3v) is 4.14. The monoisotopic (exact) mass is 317 g/mol.